The van der Waals surface area contributed by atoms with Gasteiger partial charge >= 0.3 is 6.18 Å². The molecule has 1 saturated heterocycles. The zero-order chi connectivity index (χ0) is 22.6. The normalized spacial score (nSPS) is 17.4. The summed E-state index contributed by atoms with van der Waals surface area (Å²) in [5, 5.41) is 4.49. The summed E-state index contributed by atoms with van der Waals surface area (Å²) in [5.41, 5.74) is 0.456. The average Bonchev–Trinajstić information content (AvgIpc) is 3.35. The molecule has 1 N–H and O–H groups in total. The molecule has 0 spiro atoms. The molecule has 0 saturated carbocycles. The first-order valence-electron chi connectivity index (χ1n) is 10.2. The summed E-state index contributed by atoms with van der Waals surface area (Å²) in [6.07, 6.45) is -3.36. The van der Waals surface area contributed by atoms with E-state index in [0.29, 0.717) is 30.5 Å². The molecule has 6 nitrogen and oxygen atoms in total. The minimum Gasteiger partial charge on any atom is -0.348 e. The molecule has 1 aliphatic heterocycles. The van der Waals surface area contributed by atoms with E-state index in [-0.39, 0.29) is 40.9 Å². The molecule has 4 aromatic rings. The highest BCUT2D eigenvalue weighted by Gasteiger charge is 2.36. The van der Waals surface area contributed by atoms with Gasteiger partial charge in [-0.15, -0.1) is 0 Å². The fourth-order valence-corrected chi connectivity index (χ4v) is 4.33. The maximum Gasteiger partial charge on any atom is 0.433 e. The molecule has 1 aromatic carbocycles. The standard InChI is InChI=1S/C22H19F4N5O/c1-12-8-19-27-16(10-18(22(24,25)26)31(19)29-12)14-5-3-7-30(11-14)21(32)17-9-13-4-2-6-15(23)20(13)28-17/h2,4,6,8-10,14,28H,3,5,7,11H2,1H3/t14-/m1/s1. The molecule has 166 valence electrons. The van der Waals surface area contributed by atoms with Crippen LogP contribution in [0.2, 0.25) is 0 Å². The van der Waals surface area contributed by atoms with E-state index >= 15 is 0 Å². The first kappa shape index (κ1) is 20.5. The second kappa shape index (κ2) is 7.32. The van der Waals surface area contributed by atoms with Crippen LogP contribution in [0.15, 0.2) is 36.4 Å². The van der Waals surface area contributed by atoms with Gasteiger partial charge in [-0.05, 0) is 38.0 Å². The van der Waals surface area contributed by atoms with Crippen molar-refractivity contribution in [3.63, 3.8) is 0 Å². The Morgan fingerprint density at radius 1 is 1.22 bits per heavy atom. The van der Waals surface area contributed by atoms with Crippen molar-refractivity contribution in [3.05, 3.63) is 65.0 Å². The first-order chi connectivity index (χ1) is 15.2. The van der Waals surface area contributed by atoms with Gasteiger partial charge in [0, 0.05) is 36.2 Å². The van der Waals surface area contributed by atoms with Gasteiger partial charge in [0.2, 0.25) is 0 Å². The first-order valence-corrected chi connectivity index (χ1v) is 10.2. The molecule has 0 radical (unpaired) electrons. The number of hydrogen-bond donors (Lipinski definition) is 1. The number of aryl methyl sites for hydroxylation is 1. The lowest BCUT2D eigenvalue weighted by atomic mass is 9.93. The number of fused-ring (bicyclic) bond motifs is 2. The number of benzene rings is 1. The molecule has 1 amide bonds. The lowest BCUT2D eigenvalue weighted by molar-refractivity contribution is -0.142. The van der Waals surface area contributed by atoms with Crippen LogP contribution in [0.1, 0.15) is 46.3 Å². The number of amides is 1. The Balaban J connectivity index is 1.46. The van der Waals surface area contributed by atoms with Crippen molar-refractivity contribution in [1.82, 2.24) is 24.5 Å². The minimum atomic E-state index is -4.59. The van der Waals surface area contributed by atoms with E-state index < -0.39 is 17.7 Å². The Morgan fingerprint density at radius 2 is 2.03 bits per heavy atom. The van der Waals surface area contributed by atoms with Crippen molar-refractivity contribution < 1.29 is 22.4 Å². The number of halogens is 4. The topological polar surface area (TPSA) is 66.3 Å². The molecule has 0 bridgehead atoms. The molecular formula is C22H19F4N5O. The lowest BCUT2D eigenvalue weighted by Gasteiger charge is -2.32. The predicted molar refractivity (Wildman–Crippen MR) is 109 cm³/mol. The average molecular weight is 445 g/mol. The summed E-state index contributed by atoms with van der Waals surface area (Å²) in [6.45, 7) is 2.30. The third-order valence-corrected chi connectivity index (χ3v) is 5.82. The van der Waals surface area contributed by atoms with Crippen LogP contribution >= 0.6 is 0 Å². The van der Waals surface area contributed by atoms with Crippen LogP contribution in [0.4, 0.5) is 17.6 Å². The molecule has 1 aliphatic rings. The second-order valence-electron chi connectivity index (χ2n) is 8.10. The molecule has 0 unspecified atom stereocenters. The van der Waals surface area contributed by atoms with Gasteiger partial charge in [-0.1, -0.05) is 12.1 Å². The van der Waals surface area contributed by atoms with Gasteiger partial charge in [0.25, 0.3) is 5.91 Å². The number of carbonyl (C=O) groups excluding carboxylic acids is 1. The number of rotatable bonds is 2. The lowest BCUT2D eigenvalue weighted by Crippen LogP contribution is -2.39. The summed E-state index contributed by atoms with van der Waals surface area (Å²) < 4.78 is 55.7. The SMILES string of the molecule is Cc1cc2nc([C@@H]3CCCN(C(=O)c4cc5cccc(F)c5[nH]4)C3)cc(C(F)(F)F)n2n1. The van der Waals surface area contributed by atoms with Gasteiger partial charge in [0.05, 0.1) is 11.2 Å². The highest BCUT2D eigenvalue weighted by molar-refractivity contribution is 5.98. The van der Waals surface area contributed by atoms with Crippen LogP contribution in [0.3, 0.4) is 0 Å². The number of nitrogens with zero attached hydrogens (tertiary/aromatic N) is 4. The Kier molecular flexibility index (Phi) is 4.68. The van der Waals surface area contributed by atoms with Gasteiger partial charge in [0.15, 0.2) is 5.65 Å². The maximum absolute atomic E-state index is 14.0. The number of aromatic amines is 1. The largest absolute Gasteiger partial charge is 0.433 e. The van der Waals surface area contributed by atoms with E-state index in [9.17, 15) is 22.4 Å². The third-order valence-electron chi connectivity index (χ3n) is 5.82. The molecule has 1 atom stereocenters. The number of likely N-dealkylation sites (tertiary alicyclic amines) is 1. The smallest absolute Gasteiger partial charge is 0.348 e. The predicted octanol–water partition coefficient (Wildman–Crippen LogP) is 4.70. The van der Waals surface area contributed by atoms with Gasteiger partial charge < -0.3 is 9.88 Å². The van der Waals surface area contributed by atoms with E-state index in [1.54, 1.807) is 30.0 Å². The van der Waals surface area contributed by atoms with Crippen LogP contribution in [-0.4, -0.2) is 43.5 Å². The monoisotopic (exact) mass is 445 g/mol. The molecule has 5 rings (SSSR count). The van der Waals surface area contributed by atoms with Gasteiger partial charge in [-0.2, -0.15) is 18.3 Å². The zero-order valence-corrected chi connectivity index (χ0v) is 17.1. The van der Waals surface area contributed by atoms with Gasteiger partial charge in [0.1, 0.15) is 17.2 Å². The summed E-state index contributed by atoms with van der Waals surface area (Å²) in [4.78, 5) is 21.9. The van der Waals surface area contributed by atoms with E-state index in [1.165, 1.54) is 12.1 Å². The summed E-state index contributed by atoms with van der Waals surface area (Å²) in [7, 11) is 0. The number of alkyl halides is 3. The number of piperidine rings is 1. The molecule has 32 heavy (non-hydrogen) atoms. The quantitative estimate of drug-likeness (QED) is 0.455. The number of nitrogens with one attached hydrogen (secondary N) is 1. The number of aromatic nitrogens is 4. The highest BCUT2D eigenvalue weighted by Crippen LogP contribution is 2.34. The number of H-pyrrole nitrogens is 1. The minimum absolute atomic E-state index is 0.127. The van der Waals surface area contributed by atoms with Gasteiger partial charge in [-0.3, -0.25) is 4.79 Å². The Morgan fingerprint density at radius 3 is 2.78 bits per heavy atom. The summed E-state index contributed by atoms with van der Waals surface area (Å²) in [5.74, 6) is -1.12. The Labute approximate surface area is 179 Å². The molecule has 4 heterocycles. The van der Waals surface area contributed by atoms with Crippen LogP contribution in [0.5, 0.6) is 0 Å². The molecular weight excluding hydrogens is 426 g/mol. The van der Waals surface area contributed by atoms with Crippen LogP contribution in [0, 0.1) is 12.7 Å². The maximum atomic E-state index is 14.0. The number of para-hydroxylation sites is 1. The third kappa shape index (κ3) is 3.49. The molecule has 10 heteroatoms. The van der Waals surface area contributed by atoms with Crippen molar-refractivity contribution in [1.29, 1.82) is 0 Å². The number of carbonyl (C=O) groups is 1. The molecule has 3 aromatic heterocycles. The van der Waals surface area contributed by atoms with Crippen molar-refractivity contribution >= 4 is 22.5 Å². The van der Waals surface area contributed by atoms with Gasteiger partial charge in [-0.25, -0.2) is 13.9 Å². The van der Waals surface area contributed by atoms with Crippen molar-refractivity contribution in [2.24, 2.45) is 0 Å². The fraction of sp³-hybridized carbons (Fsp3) is 0.318. The molecule has 0 aliphatic carbocycles. The van der Waals surface area contributed by atoms with Crippen LogP contribution in [-0.2, 0) is 6.18 Å². The Hall–Kier alpha value is -3.43. The van der Waals surface area contributed by atoms with E-state index in [0.717, 1.165) is 10.6 Å². The van der Waals surface area contributed by atoms with Crippen LogP contribution in [0.25, 0.3) is 16.6 Å². The van der Waals surface area contributed by atoms with Crippen molar-refractivity contribution in [3.8, 4) is 0 Å². The van der Waals surface area contributed by atoms with E-state index in [2.05, 4.69) is 15.1 Å². The Bertz CT molecular complexity index is 1340. The molecule has 1 fully saturated rings. The van der Waals surface area contributed by atoms with Crippen LogP contribution < -0.4 is 0 Å². The zero-order valence-electron chi connectivity index (χ0n) is 17.1. The van der Waals surface area contributed by atoms with Crippen molar-refractivity contribution in [2.45, 2.75) is 31.9 Å². The highest BCUT2D eigenvalue weighted by atomic mass is 19.4. The van der Waals surface area contributed by atoms with E-state index in [1.807, 2.05) is 0 Å². The van der Waals surface area contributed by atoms with Crippen molar-refractivity contribution in [2.75, 3.05) is 13.1 Å². The second-order valence-corrected chi connectivity index (χ2v) is 8.10. The summed E-state index contributed by atoms with van der Waals surface area (Å²) >= 11 is 0. The number of hydrogen-bond acceptors (Lipinski definition) is 3. The van der Waals surface area contributed by atoms with E-state index in [4.69, 9.17) is 0 Å². The fourth-order valence-electron chi connectivity index (χ4n) is 4.33. The summed E-state index contributed by atoms with van der Waals surface area (Å²) in [6, 6.07) is 8.69.